The smallest absolute Gasteiger partial charge is 0.322 e. The summed E-state index contributed by atoms with van der Waals surface area (Å²) >= 11 is 0. The number of rotatable bonds is 8. The van der Waals surface area contributed by atoms with E-state index in [2.05, 4.69) is 0 Å². The normalized spacial score (nSPS) is 12.7. The monoisotopic (exact) mass is 219 g/mol. The summed E-state index contributed by atoms with van der Waals surface area (Å²) in [5.74, 6) is 3.08. The third kappa shape index (κ3) is 6.00. The maximum Gasteiger partial charge on any atom is 0.322 e. The van der Waals surface area contributed by atoms with Gasteiger partial charge in [-0.1, -0.05) is 0 Å². The van der Waals surface area contributed by atoms with Crippen LogP contribution in [0.4, 0.5) is 0 Å². The van der Waals surface area contributed by atoms with Gasteiger partial charge in [0.1, 0.15) is 12.6 Å². The first-order valence-corrected chi connectivity index (χ1v) is 4.65. The molecule has 0 aliphatic carbocycles. The maximum absolute atomic E-state index is 10.8. The zero-order valence-electron chi connectivity index (χ0n) is 8.43. The van der Waals surface area contributed by atoms with Crippen LogP contribution in [0.3, 0.4) is 0 Å². The highest BCUT2D eigenvalue weighted by molar-refractivity contribution is 5.75. The molecule has 0 aromatic carbocycles. The van der Waals surface area contributed by atoms with E-state index >= 15 is 0 Å². The number of aliphatic carboxylic acids is 2. The van der Waals surface area contributed by atoms with Crippen LogP contribution in [0.25, 0.3) is 0 Å². The average Bonchev–Trinajstić information content (AvgIpc) is 2.10. The number of carboxylic acid groups (broad SMARTS) is 2. The van der Waals surface area contributed by atoms with Crippen molar-refractivity contribution in [2.75, 3.05) is 13.1 Å². The molecule has 0 spiro atoms. The first-order chi connectivity index (χ1) is 6.99. The minimum Gasteiger partial charge on any atom is -0.480 e. The van der Waals surface area contributed by atoms with E-state index in [9.17, 15) is 9.59 Å². The molecule has 1 atom stereocenters. The zero-order valence-corrected chi connectivity index (χ0v) is 8.43. The Kier molecular flexibility index (Phi) is 6.59. The van der Waals surface area contributed by atoms with Gasteiger partial charge in [-0.25, -0.2) is 5.01 Å². The second-order valence-corrected chi connectivity index (χ2v) is 3.20. The Bertz CT molecular complexity index is 222. The standard InChI is InChI=1S/C8H17N3O4/c9-4-2-1-3-6(8(14)15)11(10)5-7(12)13/h6H,1-5,9-10H2,(H,12,13)(H,14,15)/t6-/m0/s1. The first kappa shape index (κ1) is 13.8. The van der Waals surface area contributed by atoms with E-state index in [4.69, 9.17) is 21.8 Å². The number of carboxylic acids is 2. The van der Waals surface area contributed by atoms with E-state index < -0.39 is 24.5 Å². The fourth-order valence-electron chi connectivity index (χ4n) is 1.18. The van der Waals surface area contributed by atoms with Gasteiger partial charge < -0.3 is 15.9 Å². The van der Waals surface area contributed by atoms with Gasteiger partial charge in [0.15, 0.2) is 0 Å². The van der Waals surface area contributed by atoms with Crippen LogP contribution < -0.4 is 11.6 Å². The zero-order chi connectivity index (χ0) is 11.8. The van der Waals surface area contributed by atoms with Crippen LogP contribution in [0, 0.1) is 0 Å². The average molecular weight is 219 g/mol. The van der Waals surface area contributed by atoms with Crippen molar-refractivity contribution in [1.29, 1.82) is 0 Å². The highest BCUT2D eigenvalue weighted by Gasteiger charge is 2.24. The fraction of sp³-hybridized carbons (Fsp3) is 0.750. The molecule has 0 aliphatic heterocycles. The van der Waals surface area contributed by atoms with E-state index in [1.165, 1.54) is 0 Å². The molecular formula is C8H17N3O4. The second kappa shape index (κ2) is 7.16. The first-order valence-electron chi connectivity index (χ1n) is 4.65. The molecule has 0 radical (unpaired) electrons. The lowest BCUT2D eigenvalue weighted by Crippen LogP contribution is -2.48. The van der Waals surface area contributed by atoms with Gasteiger partial charge in [0.25, 0.3) is 0 Å². The lowest BCUT2D eigenvalue weighted by Gasteiger charge is -2.21. The highest BCUT2D eigenvalue weighted by Crippen LogP contribution is 2.05. The summed E-state index contributed by atoms with van der Waals surface area (Å²) in [7, 11) is 0. The molecule has 0 fully saturated rings. The van der Waals surface area contributed by atoms with Crippen LogP contribution in [-0.2, 0) is 9.59 Å². The molecule has 88 valence electrons. The van der Waals surface area contributed by atoms with Crippen LogP contribution in [0.5, 0.6) is 0 Å². The minimum absolute atomic E-state index is 0.302. The van der Waals surface area contributed by atoms with E-state index in [1.807, 2.05) is 0 Å². The Labute approximate surface area is 87.6 Å². The van der Waals surface area contributed by atoms with E-state index in [1.54, 1.807) is 0 Å². The summed E-state index contributed by atoms with van der Waals surface area (Å²) in [6, 6.07) is -0.965. The topological polar surface area (TPSA) is 130 Å². The number of nitrogens with zero attached hydrogens (tertiary/aromatic N) is 1. The van der Waals surface area contributed by atoms with E-state index in [0.29, 0.717) is 25.8 Å². The van der Waals surface area contributed by atoms with Crippen molar-refractivity contribution in [2.45, 2.75) is 25.3 Å². The summed E-state index contributed by atoms with van der Waals surface area (Å²) in [4.78, 5) is 21.1. The Morgan fingerprint density at radius 3 is 2.27 bits per heavy atom. The van der Waals surface area contributed by atoms with Gasteiger partial charge >= 0.3 is 11.9 Å². The lowest BCUT2D eigenvalue weighted by molar-refractivity contribution is -0.146. The quantitative estimate of drug-likeness (QED) is 0.230. The van der Waals surface area contributed by atoms with Gasteiger partial charge in [0.2, 0.25) is 0 Å². The molecule has 6 N–H and O–H groups in total. The summed E-state index contributed by atoms with van der Waals surface area (Å²) in [6.45, 7) is -0.00453. The molecule has 0 aromatic heterocycles. The van der Waals surface area contributed by atoms with Crippen LogP contribution >= 0.6 is 0 Å². The molecule has 0 amide bonds. The van der Waals surface area contributed by atoms with Crippen molar-refractivity contribution >= 4 is 11.9 Å². The van der Waals surface area contributed by atoms with Crippen molar-refractivity contribution in [3.05, 3.63) is 0 Å². The predicted octanol–water partition coefficient (Wildman–Crippen LogP) is -1.17. The van der Waals surface area contributed by atoms with Gasteiger partial charge in [-0.05, 0) is 25.8 Å². The molecule has 0 saturated carbocycles. The summed E-state index contributed by atoms with van der Waals surface area (Å²) in [5, 5.41) is 18.1. The second-order valence-electron chi connectivity index (χ2n) is 3.20. The molecule has 0 bridgehead atoms. The number of hydrogen-bond acceptors (Lipinski definition) is 5. The molecular weight excluding hydrogens is 202 g/mol. The molecule has 7 nitrogen and oxygen atoms in total. The summed E-state index contributed by atoms with van der Waals surface area (Å²) < 4.78 is 0. The highest BCUT2D eigenvalue weighted by atomic mass is 16.4. The maximum atomic E-state index is 10.8. The number of hydrogen-bond donors (Lipinski definition) is 4. The van der Waals surface area contributed by atoms with Crippen LogP contribution in [0.2, 0.25) is 0 Å². The number of hydrazine groups is 1. The van der Waals surface area contributed by atoms with Crippen molar-refractivity contribution < 1.29 is 19.8 Å². The number of carbonyl (C=O) groups is 2. The van der Waals surface area contributed by atoms with Gasteiger partial charge in [-0.2, -0.15) is 0 Å². The van der Waals surface area contributed by atoms with E-state index in [0.717, 1.165) is 5.01 Å². The Morgan fingerprint density at radius 1 is 1.27 bits per heavy atom. The van der Waals surface area contributed by atoms with Crippen molar-refractivity contribution in [1.82, 2.24) is 5.01 Å². The van der Waals surface area contributed by atoms with Gasteiger partial charge in [0, 0.05) is 0 Å². The molecule has 0 aliphatic rings. The van der Waals surface area contributed by atoms with Crippen LogP contribution in [0.1, 0.15) is 19.3 Å². The Morgan fingerprint density at radius 2 is 1.87 bits per heavy atom. The molecule has 0 saturated heterocycles. The SMILES string of the molecule is NCCCC[C@@H](C(=O)O)N(N)CC(=O)O. The number of unbranched alkanes of at least 4 members (excludes halogenated alkanes) is 1. The van der Waals surface area contributed by atoms with Gasteiger partial charge in [-0.3, -0.25) is 15.4 Å². The summed E-state index contributed by atoms with van der Waals surface area (Å²) in [6.07, 6.45) is 1.61. The molecule has 0 heterocycles. The Balaban J connectivity index is 4.13. The van der Waals surface area contributed by atoms with Crippen molar-refractivity contribution in [3.63, 3.8) is 0 Å². The molecule has 0 rings (SSSR count). The van der Waals surface area contributed by atoms with Crippen molar-refractivity contribution in [3.8, 4) is 0 Å². The van der Waals surface area contributed by atoms with Crippen molar-refractivity contribution in [2.24, 2.45) is 11.6 Å². The van der Waals surface area contributed by atoms with Crippen LogP contribution in [-0.4, -0.2) is 46.3 Å². The predicted molar refractivity (Wildman–Crippen MR) is 52.9 cm³/mol. The third-order valence-corrected chi connectivity index (χ3v) is 1.93. The molecule has 0 aromatic rings. The van der Waals surface area contributed by atoms with Gasteiger partial charge in [0.05, 0.1) is 0 Å². The molecule has 15 heavy (non-hydrogen) atoms. The minimum atomic E-state index is -1.15. The largest absolute Gasteiger partial charge is 0.480 e. The third-order valence-electron chi connectivity index (χ3n) is 1.93. The van der Waals surface area contributed by atoms with Gasteiger partial charge in [-0.15, -0.1) is 0 Å². The number of nitrogens with two attached hydrogens (primary N) is 2. The molecule has 0 unspecified atom stereocenters. The van der Waals surface area contributed by atoms with E-state index in [-0.39, 0.29) is 0 Å². The van der Waals surface area contributed by atoms with Crippen LogP contribution in [0.15, 0.2) is 0 Å². The molecule has 7 heteroatoms. The fourth-order valence-corrected chi connectivity index (χ4v) is 1.18. The lowest BCUT2D eigenvalue weighted by atomic mass is 10.1. The Hall–Kier alpha value is -1.18. The summed E-state index contributed by atoms with van der Waals surface area (Å²) in [5.41, 5.74) is 5.26.